The van der Waals surface area contributed by atoms with E-state index in [-0.39, 0.29) is 18.9 Å². The van der Waals surface area contributed by atoms with Gasteiger partial charge in [0.25, 0.3) is 0 Å². The average molecular weight is 293 g/mol. The van der Waals surface area contributed by atoms with E-state index < -0.39 is 12.2 Å². The Hall–Kier alpha value is -1.75. The Kier molecular flexibility index (Phi) is 5.44. The Morgan fingerprint density at radius 3 is 2.90 bits per heavy atom. The summed E-state index contributed by atoms with van der Waals surface area (Å²) in [5.74, 6) is 0.258. The van der Waals surface area contributed by atoms with Crippen LogP contribution in [0.1, 0.15) is 42.9 Å². The van der Waals surface area contributed by atoms with Crippen molar-refractivity contribution in [2.75, 3.05) is 6.54 Å². The summed E-state index contributed by atoms with van der Waals surface area (Å²) in [5.41, 5.74) is 2.81. The highest BCUT2D eigenvalue weighted by Crippen LogP contribution is 2.32. The predicted molar refractivity (Wildman–Crippen MR) is 79.2 cm³/mol. The van der Waals surface area contributed by atoms with Crippen molar-refractivity contribution in [3.05, 3.63) is 28.8 Å². The Bertz CT molecular complexity index is 501. The number of rotatable bonds is 5. The van der Waals surface area contributed by atoms with E-state index >= 15 is 0 Å². The SMILES string of the molecule is CC[C@H](O)CNC(=O)OCc1ccc2c(c1O)CCCC2. The highest BCUT2D eigenvalue weighted by atomic mass is 16.5. The number of phenols is 1. The summed E-state index contributed by atoms with van der Waals surface area (Å²) in [5, 5.41) is 22.1. The third-order valence-electron chi connectivity index (χ3n) is 3.90. The van der Waals surface area contributed by atoms with Gasteiger partial charge in [-0.25, -0.2) is 4.79 Å². The number of aliphatic hydroxyl groups excluding tert-OH is 1. The average Bonchev–Trinajstić information content (AvgIpc) is 2.52. The molecule has 1 aliphatic carbocycles. The summed E-state index contributed by atoms with van der Waals surface area (Å²) >= 11 is 0. The number of hydrogen-bond donors (Lipinski definition) is 3. The summed E-state index contributed by atoms with van der Waals surface area (Å²) in [7, 11) is 0. The summed E-state index contributed by atoms with van der Waals surface area (Å²) in [6.45, 7) is 2.04. The van der Waals surface area contributed by atoms with E-state index in [1.807, 2.05) is 19.1 Å². The number of phenolic OH excluding ortho intramolecular Hbond substituents is 1. The minimum atomic E-state index is -0.584. The van der Waals surface area contributed by atoms with E-state index in [1.165, 1.54) is 5.56 Å². The summed E-state index contributed by atoms with van der Waals surface area (Å²) < 4.78 is 5.07. The van der Waals surface area contributed by atoms with Gasteiger partial charge in [0.05, 0.1) is 6.10 Å². The maximum atomic E-state index is 11.5. The molecule has 0 bridgehead atoms. The molecule has 0 fully saturated rings. The fraction of sp³-hybridized carbons (Fsp3) is 0.562. The number of amides is 1. The summed E-state index contributed by atoms with van der Waals surface area (Å²) in [6, 6.07) is 3.82. The molecule has 1 aromatic carbocycles. The van der Waals surface area contributed by atoms with Crippen LogP contribution in [0.25, 0.3) is 0 Å². The van der Waals surface area contributed by atoms with E-state index in [1.54, 1.807) is 0 Å². The minimum absolute atomic E-state index is 0.0349. The normalized spacial score (nSPS) is 15.1. The Morgan fingerprint density at radius 2 is 2.14 bits per heavy atom. The van der Waals surface area contributed by atoms with Crippen molar-refractivity contribution in [2.45, 2.75) is 51.7 Å². The van der Waals surface area contributed by atoms with E-state index in [0.717, 1.165) is 31.2 Å². The quantitative estimate of drug-likeness (QED) is 0.778. The molecule has 0 saturated carbocycles. The largest absolute Gasteiger partial charge is 0.507 e. The molecular formula is C16H23NO4. The van der Waals surface area contributed by atoms with Gasteiger partial charge in [0.1, 0.15) is 12.4 Å². The van der Waals surface area contributed by atoms with Gasteiger partial charge in [-0.05, 0) is 43.2 Å². The molecule has 0 spiro atoms. The number of aliphatic hydroxyl groups is 1. The number of nitrogens with one attached hydrogen (secondary N) is 1. The van der Waals surface area contributed by atoms with Gasteiger partial charge in [-0.3, -0.25) is 0 Å². The van der Waals surface area contributed by atoms with Crippen molar-refractivity contribution in [3.63, 3.8) is 0 Å². The van der Waals surface area contributed by atoms with E-state index in [9.17, 15) is 15.0 Å². The molecule has 0 aromatic heterocycles. The molecule has 1 aliphatic rings. The number of aromatic hydroxyl groups is 1. The number of fused-ring (bicyclic) bond motifs is 1. The lowest BCUT2D eigenvalue weighted by Gasteiger charge is -2.19. The zero-order valence-corrected chi connectivity index (χ0v) is 12.4. The van der Waals surface area contributed by atoms with Crippen molar-refractivity contribution < 1.29 is 19.7 Å². The molecule has 2 rings (SSSR count). The molecule has 1 amide bonds. The van der Waals surface area contributed by atoms with Gasteiger partial charge in [0, 0.05) is 12.1 Å². The van der Waals surface area contributed by atoms with Crippen molar-refractivity contribution >= 4 is 6.09 Å². The lowest BCUT2D eigenvalue weighted by atomic mass is 9.89. The van der Waals surface area contributed by atoms with Crippen molar-refractivity contribution in [2.24, 2.45) is 0 Å². The molecule has 0 aliphatic heterocycles. The van der Waals surface area contributed by atoms with Crippen LogP contribution in [-0.2, 0) is 24.2 Å². The zero-order chi connectivity index (χ0) is 15.2. The molecule has 0 saturated heterocycles. The number of hydrogen-bond acceptors (Lipinski definition) is 4. The van der Waals surface area contributed by atoms with Crippen LogP contribution in [-0.4, -0.2) is 29.0 Å². The van der Waals surface area contributed by atoms with Crippen LogP contribution in [0.2, 0.25) is 0 Å². The molecule has 1 aromatic rings. The highest BCUT2D eigenvalue weighted by molar-refractivity contribution is 5.67. The zero-order valence-electron chi connectivity index (χ0n) is 12.4. The topological polar surface area (TPSA) is 78.8 Å². The third-order valence-corrected chi connectivity index (χ3v) is 3.90. The molecule has 0 unspecified atom stereocenters. The number of carbonyl (C=O) groups is 1. The number of benzene rings is 1. The molecule has 3 N–H and O–H groups in total. The minimum Gasteiger partial charge on any atom is -0.507 e. The van der Waals surface area contributed by atoms with Gasteiger partial charge >= 0.3 is 6.09 Å². The highest BCUT2D eigenvalue weighted by Gasteiger charge is 2.16. The van der Waals surface area contributed by atoms with Gasteiger partial charge in [-0.1, -0.05) is 19.1 Å². The molecule has 0 heterocycles. The first-order chi connectivity index (χ1) is 10.1. The van der Waals surface area contributed by atoms with Crippen molar-refractivity contribution in [3.8, 4) is 5.75 Å². The smallest absolute Gasteiger partial charge is 0.407 e. The van der Waals surface area contributed by atoms with Gasteiger partial charge < -0.3 is 20.3 Å². The first kappa shape index (κ1) is 15.6. The predicted octanol–water partition coefficient (Wildman–Crippen LogP) is 2.27. The number of alkyl carbamates (subject to hydrolysis) is 1. The Labute approximate surface area is 124 Å². The number of ether oxygens (including phenoxy) is 1. The van der Waals surface area contributed by atoms with Crippen LogP contribution in [0.15, 0.2) is 12.1 Å². The van der Waals surface area contributed by atoms with Crippen molar-refractivity contribution in [1.29, 1.82) is 0 Å². The van der Waals surface area contributed by atoms with E-state index in [4.69, 9.17) is 4.74 Å². The Morgan fingerprint density at radius 1 is 1.38 bits per heavy atom. The van der Waals surface area contributed by atoms with Crippen LogP contribution < -0.4 is 5.32 Å². The molecule has 116 valence electrons. The van der Waals surface area contributed by atoms with Crippen LogP contribution in [0.3, 0.4) is 0 Å². The standard InChI is InChI=1S/C16H23NO4/c1-2-13(18)9-17-16(20)21-10-12-8-7-11-5-3-4-6-14(11)15(12)19/h7-8,13,18-19H,2-6,9-10H2,1H3,(H,17,20)/t13-/m0/s1. The maximum absolute atomic E-state index is 11.5. The lowest BCUT2D eigenvalue weighted by Crippen LogP contribution is -2.32. The van der Waals surface area contributed by atoms with Gasteiger partial charge in [0.2, 0.25) is 0 Å². The van der Waals surface area contributed by atoms with Crippen LogP contribution in [0, 0.1) is 0 Å². The van der Waals surface area contributed by atoms with Gasteiger partial charge in [0.15, 0.2) is 0 Å². The molecule has 5 heteroatoms. The fourth-order valence-electron chi connectivity index (χ4n) is 2.51. The van der Waals surface area contributed by atoms with Gasteiger partial charge in [-0.2, -0.15) is 0 Å². The van der Waals surface area contributed by atoms with Crippen molar-refractivity contribution in [1.82, 2.24) is 5.32 Å². The third kappa shape index (κ3) is 4.11. The monoisotopic (exact) mass is 293 g/mol. The molecule has 0 radical (unpaired) electrons. The maximum Gasteiger partial charge on any atom is 0.407 e. The molecular weight excluding hydrogens is 270 g/mol. The lowest BCUT2D eigenvalue weighted by molar-refractivity contribution is 0.124. The second-order valence-electron chi connectivity index (χ2n) is 5.44. The van der Waals surface area contributed by atoms with Crippen LogP contribution >= 0.6 is 0 Å². The second-order valence-corrected chi connectivity index (χ2v) is 5.44. The van der Waals surface area contributed by atoms with Crippen LogP contribution in [0.4, 0.5) is 4.79 Å². The Balaban J connectivity index is 1.90. The van der Waals surface area contributed by atoms with Gasteiger partial charge in [-0.15, -0.1) is 0 Å². The first-order valence-electron chi connectivity index (χ1n) is 7.53. The second kappa shape index (κ2) is 7.31. The molecule has 21 heavy (non-hydrogen) atoms. The molecule has 5 nitrogen and oxygen atoms in total. The first-order valence-corrected chi connectivity index (χ1v) is 7.53. The number of carbonyl (C=O) groups excluding carboxylic acids is 1. The van der Waals surface area contributed by atoms with E-state index in [2.05, 4.69) is 5.32 Å². The number of aryl methyl sites for hydroxylation is 1. The van der Waals surface area contributed by atoms with E-state index in [0.29, 0.717) is 12.0 Å². The molecule has 1 atom stereocenters. The fourth-order valence-corrected chi connectivity index (χ4v) is 2.51. The van der Waals surface area contributed by atoms with Crippen LogP contribution in [0.5, 0.6) is 5.75 Å². The summed E-state index contributed by atoms with van der Waals surface area (Å²) in [6.07, 6.45) is 3.55. The summed E-state index contributed by atoms with van der Waals surface area (Å²) in [4.78, 5) is 11.5.